The Bertz CT molecular complexity index is 1150. The monoisotopic (exact) mass is 396 g/mol. The van der Waals surface area contributed by atoms with Crippen molar-refractivity contribution < 1.29 is 20.4 Å². The van der Waals surface area contributed by atoms with Crippen molar-refractivity contribution in [3.8, 4) is 34.1 Å². The summed E-state index contributed by atoms with van der Waals surface area (Å²) >= 11 is 3.44. The van der Waals surface area contributed by atoms with Crippen LogP contribution < -0.4 is 0 Å². The lowest BCUT2D eigenvalue weighted by Gasteiger charge is -2.16. The van der Waals surface area contributed by atoms with Gasteiger partial charge in [-0.05, 0) is 34.4 Å². The maximum absolute atomic E-state index is 10.6. The van der Waals surface area contributed by atoms with Crippen LogP contribution in [0.4, 0.5) is 0 Å². The molecule has 0 unspecified atom stereocenters. The summed E-state index contributed by atoms with van der Waals surface area (Å²) in [7, 11) is 0. The van der Waals surface area contributed by atoms with Crippen LogP contribution in [0.3, 0.4) is 0 Å². The molecule has 4 N–H and O–H groups in total. The minimum atomic E-state index is -0.350. The van der Waals surface area contributed by atoms with Gasteiger partial charge in [0.1, 0.15) is 0 Å². The highest BCUT2D eigenvalue weighted by atomic mass is 79.9. The van der Waals surface area contributed by atoms with Gasteiger partial charge in [-0.25, -0.2) is 0 Å². The summed E-state index contributed by atoms with van der Waals surface area (Å²) in [5.74, 6) is -1.29. The van der Waals surface area contributed by atoms with E-state index in [4.69, 9.17) is 0 Å². The van der Waals surface area contributed by atoms with Gasteiger partial charge in [-0.15, -0.1) is 0 Å². The summed E-state index contributed by atoms with van der Waals surface area (Å²) in [6, 6.07) is 15.5. The van der Waals surface area contributed by atoms with Crippen LogP contribution in [0.25, 0.3) is 32.7 Å². The van der Waals surface area contributed by atoms with Gasteiger partial charge in [-0.3, -0.25) is 0 Å². The van der Waals surface area contributed by atoms with E-state index >= 15 is 0 Å². The fourth-order valence-corrected chi connectivity index (χ4v) is 3.67. The molecule has 0 aromatic heterocycles. The van der Waals surface area contributed by atoms with Crippen molar-refractivity contribution in [2.75, 3.05) is 0 Å². The lowest BCUT2D eigenvalue weighted by Crippen LogP contribution is -1.88. The van der Waals surface area contributed by atoms with Crippen LogP contribution >= 0.6 is 15.9 Å². The van der Waals surface area contributed by atoms with Crippen LogP contribution in [0.5, 0.6) is 23.0 Å². The number of phenols is 4. The third-order valence-corrected chi connectivity index (χ3v) is 5.03. The molecule has 0 aliphatic carbocycles. The Hall–Kier alpha value is -2.92. The number of hydrogen-bond donors (Lipinski definition) is 4. The smallest absolute Gasteiger partial charge is 0.166 e. The molecule has 0 radical (unpaired) electrons. The van der Waals surface area contributed by atoms with E-state index in [1.54, 1.807) is 30.3 Å². The summed E-state index contributed by atoms with van der Waals surface area (Å²) in [6.07, 6.45) is 0. The van der Waals surface area contributed by atoms with Crippen LogP contribution in [0.2, 0.25) is 0 Å². The quantitative estimate of drug-likeness (QED) is 0.331. The SMILES string of the molecule is Oc1cc2ccccc2c(-c2c(O)c(O)cc3c(Br)cccc23)c1O. The van der Waals surface area contributed by atoms with E-state index in [0.29, 0.717) is 21.5 Å². The molecule has 5 heteroatoms. The number of phenolic OH excluding ortho intramolecular Hbond substituents is 4. The van der Waals surface area contributed by atoms with Crippen molar-refractivity contribution in [1.82, 2.24) is 0 Å². The third kappa shape index (κ3) is 2.27. The van der Waals surface area contributed by atoms with Crippen molar-refractivity contribution in [2.45, 2.75) is 0 Å². The van der Waals surface area contributed by atoms with E-state index in [-0.39, 0.29) is 34.1 Å². The first kappa shape index (κ1) is 15.6. The van der Waals surface area contributed by atoms with Gasteiger partial charge >= 0.3 is 0 Å². The first-order valence-corrected chi connectivity index (χ1v) is 8.35. The average molecular weight is 397 g/mol. The molecular weight excluding hydrogens is 384 g/mol. The van der Waals surface area contributed by atoms with Gasteiger partial charge in [0.15, 0.2) is 23.0 Å². The molecule has 4 aromatic carbocycles. The molecule has 124 valence electrons. The highest BCUT2D eigenvalue weighted by molar-refractivity contribution is 9.10. The van der Waals surface area contributed by atoms with Gasteiger partial charge in [0, 0.05) is 21.0 Å². The van der Waals surface area contributed by atoms with Gasteiger partial charge in [0.05, 0.1) is 0 Å². The van der Waals surface area contributed by atoms with E-state index in [1.165, 1.54) is 12.1 Å². The molecule has 4 aromatic rings. The second kappa shape index (κ2) is 5.57. The molecular formula is C20H13BrO4. The molecule has 0 aliphatic rings. The molecule has 25 heavy (non-hydrogen) atoms. The first-order chi connectivity index (χ1) is 12.0. The van der Waals surface area contributed by atoms with Gasteiger partial charge in [-0.1, -0.05) is 52.3 Å². The molecule has 0 saturated heterocycles. The average Bonchev–Trinajstić information content (AvgIpc) is 2.59. The molecule has 0 atom stereocenters. The molecule has 0 aliphatic heterocycles. The summed E-state index contributed by atoms with van der Waals surface area (Å²) < 4.78 is 0.741. The number of hydrogen-bond acceptors (Lipinski definition) is 4. The highest BCUT2D eigenvalue weighted by Gasteiger charge is 2.22. The fourth-order valence-electron chi connectivity index (χ4n) is 3.19. The molecule has 4 rings (SSSR count). The van der Waals surface area contributed by atoms with Crippen molar-refractivity contribution in [3.05, 3.63) is 59.1 Å². The Labute approximate surface area is 151 Å². The van der Waals surface area contributed by atoms with Crippen molar-refractivity contribution in [1.29, 1.82) is 0 Å². The van der Waals surface area contributed by atoms with Crippen LogP contribution in [0, 0.1) is 0 Å². The highest BCUT2D eigenvalue weighted by Crippen LogP contribution is 2.51. The van der Waals surface area contributed by atoms with Crippen molar-refractivity contribution >= 4 is 37.5 Å². The van der Waals surface area contributed by atoms with E-state index in [0.717, 1.165) is 4.47 Å². The molecule has 4 nitrogen and oxygen atoms in total. The zero-order valence-corrected chi connectivity index (χ0v) is 14.4. The summed E-state index contributed by atoms with van der Waals surface area (Å²) in [5.41, 5.74) is 0.535. The lowest BCUT2D eigenvalue weighted by atomic mass is 9.91. The second-order valence-electron chi connectivity index (χ2n) is 5.79. The maximum atomic E-state index is 10.6. The van der Waals surface area contributed by atoms with Crippen molar-refractivity contribution in [2.24, 2.45) is 0 Å². The Morgan fingerprint density at radius 1 is 0.600 bits per heavy atom. The molecule has 0 bridgehead atoms. The first-order valence-electron chi connectivity index (χ1n) is 7.56. The number of fused-ring (bicyclic) bond motifs is 2. The largest absolute Gasteiger partial charge is 0.504 e. The fraction of sp³-hybridized carbons (Fsp3) is 0. The molecule has 0 amide bonds. The zero-order chi connectivity index (χ0) is 17.7. The van der Waals surface area contributed by atoms with E-state index in [1.807, 2.05) is 12.1 Å². The standard InChI is InChI=1S/C20H13BrO4/c21-14-7-3-6-12-13(14)9-16(23)20(25)18(12)17-11-5-2-1-4-10(11)8-15(22)19(17)24/h1-9,22-25H. The predicted octanol–water partition coefficient (Wildman–Crippen LogP) is 5.24. The minimum Gasteiger partial charge on any atom is -0.504 e. The van der Waals surface area contributed by atoms with Crippen LogP contribution in [0.1, 0.15) is 0 Å². The van der Waals surface area contributed by atoms with Crippen molar-refractivity contribution in [3.63, 3.8) is 0 Å². The number of rotatable bonds is 1. The van der Waals surface area contributed by atoms with Gasteiger partial charge < -0.3 is 20.4 Å². The Kier molecular flexibility index (Phi) is 3.47. The predicted molar refractivity (Wildman–Crippen MR) is 101 cm³/mol. The maximum Gasteiger partial charge on any atom is 0.166 e. The van der Waals surface area contributed by atoms with Crippen LogP contribution in [-0.4, -0.2) is 20.4 Å². The Morgan fingerprint density at radius 3 is 1.96 bits per heavy atom. The summed E-state index contributed by atoms with van der Waals surface area (Å²) in [6.45, 7) is 0. The number of halogens is 1. The summed E-state index contributed by atoms with van der Waals surface area (Å²) in [5, 5.41) is 44.1. The normalized spacial score (nSPS) is 11.2. The molecule has 0 spiro atoms. The minimum absolute atomic E-state index is 0.265. The molecule has 0 fully saturated rings. The van der Waals surface area contributed by atoms with Gasteiger partial charge in [0.2, 0.25) is 0 Å². The van der Waals surface area contributed by atoms with Gasteiger partial charge in [0.25, 0.3) is 0 Å². The number of aromatic hydroxyl groups is 4. The zero-order valence-electron chi connectivity index (χ0n) is 12.9. The summed E-state index contributed by atoms with van der Waals surface area (Å²) in [4.78, 5) is 0. The van der Waals surface area contributed by atoms with Crippen LogP contribution in [0.15, 0.2) is 59.1 Å². The molecule has 0 saturated carbocycles. The molecule has 0 heterocycles. The second-order valence-corrected chi connectivity index (χ2v) is 6.65. The van der Waals surface area contributed by atoms with E-state index < -0.39 is 0 Å². The lowest BCUT2D eigenvalue weighted by molar-refractivity contribution is 0.401. The topological polar surface area (TPSA) is 80.9 Å². The Morgan fingerprint density at radius 2 is 1.20 bits per heavy atom. The Balaban J connectivity index is 2.28. The van der Waals surface area contributed by atoms with Gasteiger partial charge in [-0.2, -0.15) is 0 Å². The third-order valence-electron chi connectivity index (χ3n) is 4.33. The van der Waals surface area contributed by atoms with E-state index in [2.05, 4.69) is 15.9 Å². The van der Waals surface area contributed by atoms with Crippen LogP contribution in [-0.2, 0) is 0 Å². The van der Waals surface area contributed by atoms with E-state index in [9.17, 15) is 20.4 Å². The number of benzene rings is 4.